The molecule has 0 saturated heterocycles. The van der Waals surface area contributed by atoms with Crippen LogP contribution in [0.3, 0.4) is 0 Å². The lowest BCUT2D eigenvalue weighted by atomic mass is 10.1. The van der Waals surface area contributed by atoms with Crippen molar-refractivity contribution in [3.63, 3.8) is 0 Å². The molecule has 11 heteroatoms. The number of sulfonamides is 1. The van der Waals surface area contributed by atoms with Crippen LogP contribution >= 0.6 is 0 Å². The number of amides is 2. The van der Waals surface area contributed by atoms with E-state index in [0.717, 1.165) is 12.1 Å². The zero-order chi connectivity index (χ0) is 20.6. The molecule has 0 aliphatic rings. The molecule has 3 rings (SSSR count). The monoisotopic (exact) mass is 406 g/mol. The third-order valence-corrected chi connectivity index (χ3v) is 5.13. The molecular weight excluding hydrogens is 391 g/mol. The van der Waals surface area contributed by atoms with Crippen LogP contribution in [0, 0.1) is 26.6 Å². The van der Waals surface area contributed by atoms with Gasteiger partial charge in [-0.15, -0.1) is 0 Å². The molecule has 28 heavy (non-hydrogen) atoms. The largest absolute Gasteiger partial charge is 0.462 e. The topological polar surface area (TPSA) is 131 Å². The number of fused-ring (bicyclic) bond motifs is 1. The Bertz CT molecular complexity index is 1250. The first-order valence-electron chi connectivity index (χ1n) is 7.95. The highest BCUT2D eigenvalue weighted by atomic mass is 32.2. The minimum Gasteiger partial charge on any atom is -0.462 e. The summed E-state index contributed by atoms with van der Waals surface area (Å²) in [5, 5.41) is 2.06. The first-order valence-corrected chi connectivity index (χ1v) is 9.43. The molecule has 2 N–H and O–H groups in total. The Morgan fingerprint density at radius 3 is 2.43 bits per heavy atom. The number of carbonyl (C=O) groups excluding carboxylic acids is 1. The Morgan fingerprint density at radius 2 is 1.79 bits per heavy atom. The molecule has 0 aliphatic heterocycles. The molecule has 2 amide bonds. The lowest BCUT2D eigenvalue weighted by molar-refractivity contribution is 0.256. The van der Waals surface area contributed by atoms with E-state index in [9.17, 15) is 22.4 Å². The summed E-state index contributed by atoms with van der Waals surface area (Å²) in [6.45, 7) is 4.75. The number of rotatable bonds is 3. The number of aromatic nitrogens is 2. The lowest BCUT2D eigenvalue weighted by Gasteiger charge is -2.09. The summed E-state index contributed by atoms with van der Waals surface area (Å²) in [5.74, 6) is -0.695. The van der Waals surface area contributed by atoms with Crippen molar-refractivity contribution in [3.8, 4) is 0 Å². The van der Waals surface area contributed by atoms with Gasteiger partial charge in [0, 0.05) is 17.0 Å². The minimum absolute atomic E-state index is 0.0659. The van der Waals surface area contributed by atoms with Crippen molar-refractivity contribution in [2.75, 3.05) is 5.32 Å². The third-order valence-electron chi connectivity index (χ3n) is 3.82. The van der Waals surface area contributed by atoms with Gasteiger partial charge < -0.3 is 4.42 Å². The molecule has 2 heterocycles. The molecule has 146 valence electrons. The van der Waals surface area contributed by atoms with E-state index in [4.69, 9.17) is 4.42 Å². The van der Waals surface area contributed by atoms with Gasteiger partial charge in [0.05, 0.1) is 5.39 Å². The van der Waals surface area contributed by atoms with Gasteiger partial charge in [0.25, 0.3) is 10.0 Å². The van der Waals surface area contributed by atoms with E-state index in [0.29, 0.717) is 17.7 Å². The van der Waals surface area contributed by atoms with E-state index < -0.39 is 32.2 Å². The molecule has 0 spiro atoms. The molecule has 3 aromatic rings. The van der Waals surface area contributed by atoms with Crippen LogP contribution in [0.5, 0.6) is 0 Å². The summed E-state index contributed by atoms with van der Waals surface area (Å²) in [6.07, 6.45) is 0.667. The zero-order valence-corrected chi connectivity index (χ0v) is 15.8. The first kappa shape index (κ1) is 19.4. The maximum absolute atomic E-state index is 13.6. The fraction of sp³-hybridized carbons (Fsp3) is 0.176. The van der Waals surface area contributed by atoms with Crippen LogP contribution in [0.25, 0.3) is 11.0 Å². The summed E-state index contributed by atoms with van der Waals surface area (Å²) in [7, 11) is -4.56. The predicted octanol–water partition coefficient (Wildman–Crippen LogP) is 2.16. The number of hydrogen-bond acceptors (Lipinski definition) is 7. The normalized spacial score (nSPS) is 11.4. The molecule has 1 aromatic carbocycles. The van der Waals surface area contributed by atoms with Crippen molar-refractivity contribution in [2.24, 2.45) is 0 Å². The second-order valence-corrected chi connectivity index (χ2v) is 7.66. The quantitative estimate of drug-likeness (QED) is 0.681. The van der Waals surface area contributed by atoms with Gasteiger partial charge in [0.2, 0.25) is 11.4 Å². The van der Waals surface area contributed by atoms with Crippen LogP contribution in [-0.2, 0) is 10.0 Å². The maximum atomic E-state index is 13.6. The molecule has 0 atom stereocenters. The van der Waals surface area contributed by atoms with Crippen LogP contribution in [0.1, 0.15) is 17.0 Å². The standard InChI is InChI=1S/C17H15FN4O5S/c1-8-6-9(2)20-16(19-8)21-17(24)22-28(25,26)13-7-27-15-10(3)12(18)5-4-11(15)14(13)23/h4-7H,1-3H3,(H2,19,20,21,22,24). The Kier molecular flexibility index (Phi) is 4.86. The Morgan fingerprint density at radius 1 is 1.14 bits per heavy atom. The Labute approximate surface area is 158 Å². The Hall–Kier alpha value is -3.34. The number of carbonyl (C=O) groups is 1. The lowest BCUT2D eigenvalue weighted by Crippen LogP contribution is -2.37. The average molecular weight is 406 g/mol. The van der Waals surface area contributed by atoms with Crippen LogP contribution in [0.4, 0.5) is 15.1 Å². The van der Waals surface area contributed by atoms with E-state index >= 15 is 0 Å². The highest BCUT2D eigenvalue weighted by Crippen LogP contribution is 2.20. The Balaban J connectivity index is 1.92. The maximum Gasteiger partial charge on any atom is 0.335 e. The van der Waals surface area contributed by atoms with Gasteiger partial charge in [0.15, 0.2) is 4.90 Å². The molecule has 0 aliphatic carbocycles. The summed E-state index contributed by atoms with van der Waals surface area (Å²) in [5.41, 5.74) is 0.215. The zero-order valence-electron chi connectivity index (χ0n) is 15.0. The van der Waals surface area contributed by atoms with Crippen molar-refractivity contribution >= 4 is 33.0 Å². The van der Waals surface area contributed by atoms with Gasteiger partial charge in [-0.1, -0.05) is 0 Å². The molecular formula is C17H15FN4O5S. The van der Waals surface area contributed by atoms with Crippen molar-refractivity contribution in [3.05, 3.63) is 57.5 Å². The number of nitrogens with zero attached hydrogens (tertiary/aromatic N) is 2. The molecule has 0 bridgehead atoms. The van der Waals surface area contributed by atoms with Crippen LogP contribution in [0.15, 0.2) is 38.6 Å². The molecule has 0 unspecified atom stereocenters. The van der Waals surface area contributed by atoms with Gasteiger partial charge in [-0.25, -0.2) is 32.3 Å². The molecule has 0 saturated carbocycles. The van der Waals surface area contributed by atoms with Gasteiger partial charge in [-0.2, -0.15) is 0 Å². The minimum atomic E-state index is -4.56. The fourth-order valence-electron chi connectivity index (χ4n) is 2.57. The van der Waals surface area contributed by atoms with Gasteiger partial charge in [-0.05, 0) is 39.0 Å². The van der Waals surface area contributed by atoms with Gasteiger partial charge in [0.1, 0.15) is 17.7 Å². The van der Waals surface area contributed by atoms with Gasteiger partial charge >= 0.3 is 6.03 Å². The second kappa shape index (κ2) is 7.00. The van der Waals surface area contributed by atoms with E-state index in [1.54, 1.807) is 24.6 Å². The van der Waals surface area contributed by atoms with Crippen LogP contribution in [-0.4, -0.2) is 24.4 Å². The highest BCUT2D eigenvalue weighted by Gasteiger charge is 2.24. The highest BCUT2D eigenvalue weighted by molar-refractivity contribution is 7.90. The van der Waals surface area contributed by atoms with E-state index in [-0.39, 0.29) is 22.5 Å². The van der Waals surface area contributed by atoms with E-state index in [1.807, 2.05) is 0 Å². The number of nitrogens with one attached hydrogen (secondary N) is 2. The number of benzene rings is 1. The second-order valence-electron chi connectivity index (χ2n) is 6.01. The summed E-state index contributed by atoms with van der Waals surface area (Å²) in [4.78, 5) is 31.7. The first-order chi connectivity index (χ1) is 13.1. The van der Waals surface area contributed by atoms with E-state index in [1.165, 1.54) is 6.92 Å². The smallest absolute Gasteiger partial charge is 0.335 e. The molecule has 9 nitrogen and oxygen atoms in total. The SMILES string of the molecule is Cc1cc(C)nc(NC(=O)NS(=O)(=O)c2coc3c(C)c(F)ccc3c2=O)n1. The number of hydrogen-bond donors (Lipinski definition) is 2. The molecule has 2 aromatic heterocycles. The van der Waals surface area contributed by atoms with Gasteiger partial charge in [-0.3, -0.25) is 10.1 Å². The van der Waals surface area contributed by atoms with Crippen LogP contribution in [0.2, 0.25) is 0 Å². The summed E-state index contributed by atoms with van der Waals surface area (Å²) in [6, 6.07) is 2.67. The predicted molar refractivity (Wildman–Crippen MR) is 98.0 cm³/mol. The van der Waals surface area contributed by atoms with Crippen molar-refractivity contribution in [1.29, 1.82) is 0 Å². The summed E-state index contributed by atoms with van der Waals surface area (Å²) < 4.78 is 45.3. The van der Waals surface area contributed by atoms with Crippen molar-refractivity contribution in [1.82, 2.24) is 14.7 Å². The fourth-order valence-corrected chi connectivity index (χ4v) is 3.50. The molecule has 0 radical (unpaired) electrons. The number of urea groups is 1. The molecule has 0 fully saturated rings. The summed E-state index contributed by atoms with van der Waals surface area (Å²) >= 11 is 0. The number of anilines is 1. The number of aryl methyl sites for hydroxylation is 3. The van der Waals surface area contributed by atoms with Crippen molar-refractivity contribution < 1.29 is 22.0 Å². The third kappa shape index (κ3) is 3.69. The number of halogens is 1. The van der Waals surface area contributed by atoms with Crippen molar-refractivity contribution in [2.45, 2.75) is 25.7 Å². The van der Waals surface area contributed by atoms with E-state index in [2.05, 4.69) is 15.3 Å². The average Bonchev–Trinajstić information content (AvgIpc) is 2.56. The van der Waals surface area contributed by atoms with Crippen LogP contribution < -0.4 is 15.5 Å².